The zero-order chi connectivity index (χ0) is 24.9. The summed E-state index contributed by atoms with van der Waals surface area (Å²) in [5.41, 5.74) is 5.15. The SMILES string of the molecule is COC(=O)C1CSCN1Cc1ccc(OCc2nc(-c3ccc(-c4ccccc4)cc3)oc2C)cc1. The van der Waals surface area contributed by atoms with E-state index in [9.17, 15) is 4.79 Å². The molecule has 2 heterocycles. The van der Waals surface area contributed by atoms with Gasteiger partial charge in [0, 0.05) is 23.7 Å². The Morgan fingerprint density at radius 3 is 2.42 bits per heavy atom. The molecule has 1 unspecified atom stereocenters. The summed E-state index contributed by atoms with van der Waals surface area (Å²) in [6, 6.07) is 26.3. The molecule has 1 saturated heterocycles. The molecule has 1 aliphatic rings. The van der Waals surface area contributed by atoms with Gasteiger partial charge in [-0.2, -0.15) is 0 Å². The minimum absolute atomic E-state index is 0.172. The van der Waals surface area contributed by atoms with Crippen molar-refractivity contribution in [3.8, 4) is 28.3 Å². The van der Waals surface area contributed by atoms with E-state index in [2.05, 4.69) is 34.1 Å². The van der Waals surface area contributed by atoms with Gasteiger partial charge >= 0.3 is 5.97 Å². The van der Waals surface area contributed by atoms with Gasteiger partial charge < -0.3 is 13.9 Å². The lowest BCUT2D eigenvalue weighted by atomic mass is 10.0. The number of rotatable bonds is 8. The molecule has 4 aromatic rings. The number of ether oxygens (including phenoxy) is 2. The van der Waals surface area contributed by atoms with Crippen molar-refractivity contribution >= 4 is 17.7 Å². The molecule has 1 aromatic heterocycles. The maximum absolute atomic E-state index is 12.0. The lowest BCUT2D eigenvalue weighted by Crippen LogP contribution is -2.38. The molecule has 1 atom stereocenters. The van der Waals surface area contributed by atoms with Crippen molar-refractivity contribution < 1.29 is 18.7 Å². The van der Waals surface area contributed by atoms with Gasteiger partial charge in [0.05, 0.1) is 7.11 Å². The number of aromatic nitrogens is 1. The van der Waals surface area contributed by atoms with Crippen LogP contribution in [0.1, 0.15) is 17.0 Å². The summed E-state index contributed by atoms with van der Waals surface area (Å²) in [6.45, 7) is 2.92. The first-order valence-electron chi connectivity index (χ1n) is 11.8. The van der Waals surface area contributed by atoms with E-state index < -0.39 is 0 Å². The number of hydrogen-bond donors (Lipinski definition) is 0. The Morgan fingerprint density at radius 2 is 1.69 bits per heavy atom. The van der Waals surface area contributed by atoms with Gasteiger partial charge in [0.1, 0.15) is 29.9 Å². The fourth-order valence-electron chi connectivity index (χ4n) is 4.18. The number of methoxy groups -OCH3 is 1. The zero-order valence-electron chi connectivity index (χ0n) is 20.3. The Balaban J connectivity index is 1.19. The fraction of sp³-hybridized carbons (Fsp3) is 0.241. The van der Waals surface area contributed by atoms with Crippen molar-refractivity contribution in [1.82, 2.24) is 9.88 Å². The predicted molar refractivity (Wildman–Crippen MR) is 142 cm³/mol. The third kappa shape index (κ3) is 5.48. The van der Waals surface area contributed by atoms with Crippen LogP contribution in [0, 0.1) is 6.92 Å². The van der Waals surface area contributed by atoms with Crippen molar-refractivity contribution in [2.24, 2.45) is 0 Å². The van der Waals surface area contributed by atoms with Crippen molar-refractivity contribution in [2.75, 3.05) is 18.7 Å². The van der Waals surface area contributed by atoms with Crippen molar-refractivity contribution in [3.63, 3.8) is 0 Å². The molecule has 0 bridgehead atoms. The number of oxazole rings is 1. The van der Waals surface area contributed by atoms with E-state index in [-0.39, 0.29) is 12.0 Å². The van der Waals surface area contributed by atoms with E-state index in [1.807, 2.05) is 61.5 Å². The van der Waals surface area contributed by atoms with Crippen LogP contribution in [-0.2, 0) is 22.7 Å². The van der Waals surface area contributed by atoms with Gasteiger partial charge in [-0.25, -0.2) is 4.98 Å². The second-order valence-electron chi connectivity index (χ2n) is 8.68. The van der Waals surface area contributed by atoms with Gasteiger partial charge in [-0.1, -0.05) is 54.6 Å². The molecule has 0 N–H and O–H groups in total. The van der Waals surface area contributed by atoms with Crippen LogP contribution in [0.4, 0.5) is 0 Å². The highest BCUT2D eigenvalue weighted by Crippen LogP contribution is 2.27. The van der Waals surface area contributed by atoms with Crippen molar-refractivity contribution in [2.45, 2.75) is 26.1 Å². The summed E-state index contributed by atoms with van der Waals surface area (Å²) in [4.78, 5) is 18.8. The van der Waals surface area contributed by atoms with Crippen LogP contribution in [0.2, 0.25) is 0 Å². The fourth-order valence-corrected chi connectivity index (χ4v) is 5.37. The van der Waals surface area contributed by atoms with E-state index in [4.69, 9.17) is 13.9 Å². The van der Waals surface area contributed by atoms with E-state index in [1.54, 1.807) is 11.8 Å². The number of carbonyl (C=O) groups is 1. The summed E-state index contributed by atoms with van der Waals surface area (Å²) in [6.07, 6.45) is 0. The van der Waals surface area contributed by atoms with E-state index in [0.717, 1.165) is 45.5 Å². The first kappa shape index (κ1) is 24.2. The Kier molecular flexibility index (Phi) is 7.39. The lowest BCUT2D eigenvalue weighted by Gasteiger charge is -2.21. The summed E-state index contributed by atoms with van der Waals surface area (Å²) >= 11 is 1.75. The molecular weight excluding hydrogens is 472 g/mol. The molecule has 6 nitrogen and oxygen atoms in total. The normalized spacial score (nSPS) is 15.7. The standard InChI is InChI=1S/C29H28N2O4S/c1-20-26(30-28(35-20)24-12-10-23(11-13-24)22-6-4-3-5-7-22)17-34-25-14-8-21(9-15-25)16-31-19-36-18-27(31)29(32)33-2/h3-15,27H,16-19H2,1-2H3. The van der Waals surface area contributed by atoms with Crippen LogP contribution < -0.4 is 4.74 Å². The molecule has 1 fully saturated rings. The molecule has 0 aliphatic carbocycles. The third-order valence-corrected chi connectivity index (χ3v) is 7.33. The summed E-state index contributed by atoms with van der Waals surface area (Å²) < 4.78 is 16.8. The number of carbonyl (C=O) groups excluding carboxylic acids is 1. The van der Waals surface area contributed by atoms with Crippen LogP contribution in [0.3, 0.4) is 0 Å². The van der Waals surface area contributed by atoms with E-state index >= 15 is 0 Å². The highest BCUT2D eigenvalue weighted by Gasteiger charge is 2.31. The summed E-state index contributed by atoms with van der Waals surface area (Å²) in [5, 5.41) is 0. The Labute approximate surface area is 215 Å². The quantitative estimate of drug-likeness (QED) is 0.277. The predicted octanol–water partition coefficient (Wildman–Crippen LogP) is 5.94. The van der Waals surface area contributed by atoms with Gasteiger partial charge in [0.25, 0.3) is 0 Å². The van der Waals surface area contributed by atoms with Crippen LogP contribution in [-0.4, -0.2) is 40.6 Å². The highest BCUT2D eigenvalue weighted by atomic mass is 32.2. The van der Waals surface area contributed by atoms with Crippen LogP contribution in [0.5, 0.6) is 5.75 Å². The van der Waals surface area contributed by atoms with Gasteiger partial charge in [-0.3, -0.25) is 9.69 Å². The van der Waals surface area contributed by atoms with Crippen LogP contribution in [0.25, 0.3) is 22.6 Å². The van der Waals surface area contributed by atoms with Crippen LogP contribution in [0.15, 0.2) is 83.3 Å². The van der Waals surface area contributed by atoms with Gasteiger partial charge in [-0.05, 0) is 47.9 Å². The first-order valence-corrected chi connectivity index (χ1v) is 13.0. The molecule has 7 heteroatoms. The molecule has 0 saturated carbocycles. The topological polar surface area (TPSA) is 64.8 Å². The smallest absolute Gasteiger partial charge is 0.323 e. The average Bonchev–Trinajstić information content (AvgIpc) is 3.54. The molecule has 0 spiro atoms. The molecule has 1 aliphatic heterocycles. The Bertz CT molecular complexity index is 1300. The minimum atomic E-state index is -0.185. The van der Waals surface area contributed by atoms with Gasteiger partial charge in [0.2, 0.25) is 5.89 Å². The number of aryl methyl sites for hydroxylation is 1. The van der Waals surface area contributed by atoms with Gasteiger partial charge in [-0.15, -0.1) is 11.8 Å². The molecular formula is C29H28N2O4S. The molecule has 0 amide bonds. The van der Waals surface area contributed by atoms with Crippen molar-refractivity contribution in [3.05, 3.63) is 95.9 Å². The number of hydrogen-bond acceptors (Lipinski definition) is 7. The second kappa shape index (κ2) is 11.0. The minimum Gasteiger partial charge on any atom is -0.487 e. The first-order chi connectivity index (χ1) is 17.6. The van der Waals surface area contributed by atoms with Crippen molar-refractivity contribution in [1.29, 1.82) is 0 Å². The maximum Gasteiger partial charge on any atom is 0.323 e. The summed E-state index contributed by atoms with van der Waals surface area (Å²) in [5.74, 6) is 3.51. The average molecular weight is 501 g/mol. The highest BCUT2D eigenvalue weighted by molar-refractivity contribution is 7.99. The number of thioether (sulfide) groups is 1. The van der Waals surface area contributed by atoms with E-state index in [1.165, 1.54) is 12.7 Å². The molecule has 184 valence electrons. The second-order valence-corrected chi connectivity index (χ2v) is 9.68. The van der Waals surface area contributed by atoms with E-state index in [0.29, 0.717) is 19.0 Å². The number of nitrogens with zero attached hydrogens (tertiary/aromatic N) is 2. The lowest BCUT2D eigenvalue weighted by molar-refractivity contribution is -0.145. The largest absolute Gasteiger partial charge is 0.487 e. The van der Waals surface area contributed by atoms with Gasteiger partial charge in [0.15, 0.2) is 0 Å². The number of benzene rings is 3. The maximum atomic E-state index is 12.0. The molecule has 0 radical (unpaired) electrons. The molecule has 5 rings (SSSR count). The van der Waals surface area contributed by atoms with Crippen LogP contribution >= 0.6 is 11.8 Å². The zero-order valence-corrected chi connectivity index (χ0v) is 21.2. The Hall–Kier alpha value is -3.55. The monoisotopic (exact) mass is 500 g/mol. The third-order valence-electron chi connectivity index (χ3n) is 6.26. The Morgan fingerprint density at radius 1 is 1.00 bits per heavy atom. The molecule has 36 heavy (non-hydrogen) atoms. The summed E-state index contributed by atoms with van der Waals surface area (Å²) in [7, 11) is 1.44. The number of esters is 1. The molecule has 3 aromatic carbocycles.